The van der Waals surface area contributed by atoms with Gasteiger partial charge in [-0.25, -0.2) is 9.97 Å². The minimum absolute atomic E-state index is 0.521. The molecule has 0 aliphatic rings. The summed E-state index contributed by atoms with van der Waals surface area (Å²) < 4.78 is 5.19. The largest absolute Gasteiger partial charge is 0.497 e. The van der Waals surface area contributed by atoms with E-state index >= 15 is 0 Å². The number of nitrogens with zero attached hydrogens (tertiary/aromatic N) is 2. The van der Waals surface area contributed by atoms with Crippen molar-refractivity contribution in [2.45, 2.75) is 6.92 Å². The van der Waals surface area contributed by atoms with Crippen LogP contribution in [0.15, 0.2) is 30.6 Å². The molecule has 0 amide bonds. The maximum Gasteiger partial charge on any atom is 0.229 e. The Kier molecular flexibility index (Phi) is 3.32. The maximum atomic E-state index is 5.19. The van der Waals surface area contributed by atoms with E-state index in [-0.39, 0.29) is 0 Å². The monoisotopic (exact) mass is 244 g/mol. The predicted molar refractivity (Wildman–Crippen MR) is 72.6 cm³/mol. The lowest BCUT2D eigenvalue weighted by atomic mass is 10.2. The SMILES string of the molecule is C=C(NC)Nc1nc(C)c2ccc(OC)cc2n1. The van der Waals surface area contributed by atoms with Crippen molar-refractivity contribution < 1.29 is 4.74 Å². The van der Waals surface area contributed by atoms with Crippen molar-refractivity contribution in [3.05, 3.63) is 36.3 Å². The van der Waals surface area contributed by atoms with E-state index in [1.165, 1.54) is 0 Å². The first kappa shape index (κ1) is 12.2. The highest BCUT2D eigenvalue weighted by Crippen LogP contribution is 2.22. The molecule has 2 N–H and O–H groups in total. The van der Waals surface area contributed by atoms with Gasteiger partial charge in [-0.2, -0.15) is 0 Å². The Morgan fingerprint density at radius 1 is 1.33 bits per heavy atom. The fourth-order valence-corrected chi connectivity index (χ4v) is 1.65. The molecule has 1 aromatic carbocycles. The summed E-state index contributed by atoms with van der Waals surface area (Å²) in [4.78, 5) is 8.81. The van der Waals surface area contributed by atoms with Crippen LogP contribution in [0, 0.1) is 6.92 Å². The van der Waals surface area contributed by atoms with Crippen LogP contribution in [0.3, 0.4) is 0 Å². The lowest BCUT2D eigenvalue weighted by Crippen LogP contribution is -2.15. The molecule has 0 bridgehead atoms. The second-order valence-electron chi connectivity index (χ2n) is 3.87. The average molecular weight is 244 g/mol. The summed E-state index contributed by atoms with van der Waals surface area (Å²) in [6.07, 6.45) is 0. The van der Waals surface area contributed by atoms with E-state index in [2.05, 4.69) is 27.2 Å². The third-order valence-electron chi connectivity index (χ3n) is 2.66. The van der Waals surface area contributed by atoms with Crippen molar-refractivity contribution in [3.63, 3.8) is 0 Å². The van der Waals surface area contributed by atoms with E-state index in [1.54, 1.807) is 14.2 Å². The standard InChI is InChI=1S/C13H16N4O/c1-8-11-6-5-10(18-4)7-12(11)17-13(15-8)16-9(2)14-3/h5-7,14H,2H2,1,3-4H3,(H,15,16,17). The van der Waals surface area contributed by atoms with Gasteiger partial charge in [0.15, 0.2) is 0 Å². The van der Waals surface area contributed by atoms with Gasteiger partial charge in [0.05, 0.1) is 24.1 Å². The summed E-state index contributed by atoms with van der Waals surface area (Å²) >= 11 is 0. The molecule has 0 aliphatic heterocycles. The molecular formula is C13H16N4O. The quantitative estimate of drug-likeness (QED) is 0.862. The number of methoxy groups -OCH3 is 1. The molecule has 18 heavy (non-hydrogen) atoms. The van der Waals surface area contributed by atoms with Gasteiger partial charge < -0.3 is 15.4 Å². The van der Waals surface area contributed by atoms with Gasteiger partial charge in [-0.05, 0) is 19.1 Å². The number of benzene rings is 1. The van der Waals surface area contributed by atoms with Gasteiger partial charge in [-0.15, -0.1) is 0 Å². The van der Waals surface area contributed by atoms with Gasteiger partial charge >= 0.3 is 0 Å². The normalized spacial score (nSPS) is 10.2. The Balaban J connectivity index is 2.48. The zero-order chi connectivity index (χ0) is 13.1. The van der Waals surface area contributed by atoms with Gasteiger partial charge in [0.2, 0.25) is 5.95 Å². The van der Waals surface area contributed by atoms with Crippen LogP contribution in [0.5, 0.6) is 5.75 Å². The summed E-state index contributed by atoms with van der Waals surface area (Å²) in [6, 6.07) is 5.75. The molecule has 0 unspecified atom stereocenters. The first-order valence-electron chi connectivity index (χ1n) is 5.60. The molecule has 0 radical (unpaired) electrons. The summed E-state index contributed by atoms with van der Waals surface area (Å²) in [5.74, 6) is 1.95. The third-order valence-corrected chi connectivity index (χ3v) is 2.66. The summed E-state index contributed by atoms with van der Waals surface area (Å²) in [5.41, 5.74) is 1.75. The summed E-state index contributed by atoms with van der Waals surface area (Å²) in [7, 11) is 3.42. The first-order valence-corrected chi connectivity index (χ1v) is 5.60. The number of ether oxygens (including phenoxy) is 1. The van der Waals surface area contributed by atoms with Gasteiger partial charge in [0, 0.05) is 18.5 Å². The van der Waals surface area contributed by atoms with Crippen LogP contribution in [0.4, 0.5) is 5.95 Å². The van der Waals surface area contributed by atoms with Crippen LogP contribution in [0.1, 0.15) is 5.69 Å². The Morgan fingerprint density at radius 2 is 2.11 bits per heavy atom. The topological polar surface area (TPSA) is 59.1 Å². The molecule has 0 atom stereocenters. The van der Waals surface area contributed by atoms with Gasteiger partial charge in [0.25, 0.3) is 0 Å². The average Bonchev–Trinajstić information content (AvgIpc) is 2.37. The molecule has 1 heterocycles. The number of hydrogen-bond donors (Lipinski definition) is 2. The van der Waals surface area contributed by atoms with Crippen molar-refractivity contribution in [1.29, 1.82) is 0 Å². The zero-order valence-corrected chi connectivity index (χ0v) is 10.7. The highest BCUT2D eigenvalue weighted by atomic mass is 16.5. The summed E-state index contributed by atoms with van der Waals surface area (Å²) in [6.45, 7) is 5.73. The fraction of sp³-hybridized carbons (Fsp3) is 0.231. The maximum absolute atomic E-state index is 5.19. The third kappa shape index (κ3) is 2.34. The van der Waals surface area contributed by atoms with E-state index in [9.17, 15) is 0 Å². The number of fused-ring (bicyclic) bond motifs is 1. The minimum atomic E-state index is 0.521. The van der Waals surface area contributed by atoms with Gasteiger partial charge in [0.1, 0.15) is 5.75 Å². The number of aromatic nitrogens is 2. The summed E-state index contributed by atoms with van der Waals surface area (Å²) in [5, 5.41) is 6.90. The van der Waals surface area contributed by atoms with Gasteiger partial charge in [-0.1, -0.05) is 6.58 Å². The molecule has 0 saturated carbocycles. The second kappa shape index (κ2) is 4.91. The van der Waals surface area contributed by atoms with E-state index in [0.29, 0.717) is 11.8 Å². The molecule has 0 spiro atoms. The van der Waals surface area contributed by atoms with Crippen molar-refractivity contribution >= 4 is 16.9 Å². The molecule has 5 nitrogen and oxygen atoms in total. The first-order chi connectivity index (χ1) is 8.63. The smallest absolute Gasteiger partial charge is 0.229 e. The molecule has 0 saturated heterocycles. The highest BCUT2D eigenvalue weighted by Gasteiger charge is 2.06. The predicted octanol–water partition coefficient (Wildman–Crippen LogP) is 2.05. The molecule has 2 rings (SSSR count). The Bertz CT molecular complexity index is 595. The zero-order valence-electron chi connectivity index (χ0n) is 10.7. The minimum Gasteiger partial charge on any atom is -0.497 e. The Morgan fingerprint density at radius 3 is 2.78 bits per heavy atom. The molecular weight excluding hydrogens is 228 g/mol. The molecule has 0 fully saturated rings. The molecule has 5 heteroatoms. The van der Waals surface area contributed by atoms with E-state index in [4.69, 9.17) is 4.74 Å². The van der Waals surface area contributed by atoms with E-state index in [1.807, 2.05) is 25.1 Å². The number of aryl methyl sites for hydroxylation is 1. The van der Waals surface area contributed by atoms with Crippen LogP contribution >= 0.6 is 0 Å². The van der Waals surface area contributed by atoms with Gasteiger partial charge in [-0.3, -0.25) is 0 Å². The van der Waals surface area contributed by atoms with Crippen molar-refractivity contribution in [2.75, 3.05) is 19.5 Å². The number of hydrogen-bond acceptors (Lipinski definition) is 5. The Hall–Kier alpha value is -2.30. The number of rotatable bonds is 4. The van der Waals surface area contributed by atoms with Crippen LogP contribution in [0.2, 0.25) is 0 Å². The van der Waals surface area contributed by atoms with Crippen LogP contribution in [-0.4, -0.2) is 24.1 Å². The second-order valence-corrected chi connectivity index (χ2v) is 3.87. The lowest BCUT2D eigenvalue weighted by Gasteiger charge is -2.10. The van der Waals surface area contributed by atoms with Crippen LogP contribution < -0.4 is 15.4 Å². The van der Waals surface area contributed by atoms with E-state index < -0.39 is 0 Å². The van der Waals surface area contributed by atoms with Crippen LogP contribution in [0.25, 0.3) is 10.9 Å². The number of nitrogens with one attached hydrogen (secondary N) is 2. The molecule has 2 aromatic rings. The highest BCUT2D eigenvalue weighted by molar-refractivity contribution is 5.83. The van der Waals surface area contributed by atoms with Crippen LogP contribution in [-0.2, 0) is 0 Å². The fourth-order valence-electron chi connectivity index (χ4n) is 1.65. The molecule has 94 valence electrons. The van der Waals surface area contributed by atoms with E-state index in [0.717, 1.165) is 22.3 Å². The van der Waals surface area contributed by atoms with Crippen molar-refractivity contribution in [2.24, 2.45) is 0 Å². The molecule has 1 aromatic heterocycles. The van der Waals surface area contributed by atoms with Crippen molar-refractivity contribution in [3.8, 4) is 5.75 Å². The molecule has 0 aliphatic carbocycles. The van der Waals surface area contributed by atoms with Crippen molar-refractivity contribution in [1.82, 2.24) is 15.3 Å². The number of anilines is 1. The Labute approximate surface area is 106 Å². The lowest BCUT2D eigenvalue weighted by molar-refractivity contribution is 0.415.